The summed E-state index contributed by atoms with van der Waals surface area (Å²) in [4.78, 5) is 17.0. The predicted octanol–water partition coefficient (Wildman–Crippen LogP) is 4.21. The molecule has 1 aromatic carbocycles. The van der Waals surface area contributed by atoms with Crippen molar-refractivity contribution in [3.05, 3.63) is 51.6 Å². The second-order valence-electron chi connectivity index (χ2n) is 4.14. The number of rotatable bonds is 3. The molecule has 20 heavy (non-hydrogen) atoms. The number of carbonyl (C=O) groups excluding carboxylic acids is 1. The number of hydrogen-bond acceptors (Lipinski definition) is 3. The first-order chi connectivity index (χ1) is 9.54. The highest BCUT2D eigenvalue weighted by atomic mass is 35.5. The van der Waals surface area contributed by atoms with E-state index >= 15 is 0 Å². The SMILES string of the molecule is Cc1nc(NC(=O)N/C=C/c2ccc(Cl)cc2)sc1C. The number of hydrogen-bond donors (Lipinski definition) is 2. The first-order valence-corrected chi connectivity index (χ1v) is 7.18. The van der Waals surface area contributed by atoms with Crippen molar-refractivity contribution in [2.24, 2.45) is 0 Å². The third kappa shape index (κ3) is 4.08. The van der Waals surface area contributed by atoms with E-state index in [0.29, 0.717) is 10.2 Å². The van der Waals surface area contributed by atoms with Crippen molar-refractivity contribution >= 4 is 40.2 Å². The van der Waals surface area contributed by atoms with Gasteiger partial charge in [0.2, 0.25) is 0 Å². The predicted molar refractivity (Wildman–Crippen MR) is 84.2 cm³/mol. The molecule has 0 saturated heterocycles. The van der Waals surface area contributed by atoms with Gasteiger partial charge in [-0.3, -0.25) is 5.32 Å². The smallest absolute Gasteiger partial charge is 0.314 e. The second kappa shape index (κ2) is 6.54. The van der Waals surface area contributed by atoms with Gasteiger partial charge >= 0.3 is 6.03 Å². The molecular formula is C14H14ClN3OS. The van der Waals surface area contributed by atoms with Gasteiger partial charge in [0, 0.05) is 16.1 Å². The average Bonchev–Trinajstić information content (AvgIpc) is 2.70. The summed E-state index contributed by atoms with van der Waals surface area (Å²) >= 11 is 7.24. The highest BCUT2D eigenvalue weighted by Crippen LogP contribution is 2.20. The summed E-state index contributed by atoms with van der Waals surface area (Å²) in [5.74, 6) is 0. The average molecular weight is 308 g/mol. The molecule has 2 N–H and O–H groups in total. The van der Waals surface area contributed by atoms with Crippen LogP contribution < -0.4 is 10.6 Å². The van der Waals surface area contributed by atoms with E-state index in [4.69, 9.17) is 11.6 Å². The summed E-state index contributed by atoms with van der Waals surface area (Å²) < 4.78 is 0. The topological polar surface area (TPSA) is 54.0 Å². The van der Waals surface area contributed by atoms with Crippen LogP contribution >= 0.6 is 22.9 Å². The minimum atomic E-state index is -0.316. The van der Waals surface area contributed by atoms with E-state index in [2.05, 4.69) is 15.6 Å². The van der Waals surface area contributed by atoms with Gasteiger partial charge in [0.1, 0.15) is 0 Å². The molecule has 0 aliphatic rings. The Kier molecular flexibility index (Phi) is 4.76. The Morgan fingerprint density at radius 1 is 1.30 bits per heavy atom. The zero-order valence-corrected chi connectivity index (χ0v) is 12.7. The van der Waals surface area contributed by atoms with E-state index in [0.717, 1.165) is 16.1 Å². The lowest BCUT2D eigenvalue weighted by molar-refractivity contribution is 0.255. The van der Waals surface area contributed by atoms with E-state index in [1.807, 2.05) is 26.0 Å². The summed E-state index contributed by atoms with van der Waals surface area (Å²) in [5, 5.41) is 6.59. The molecule has 0 aliphatic carbocycles. The molecule has 2 aromatic rings. The molecule has 2 amide bonds. The highest BCUT2D eigenvalue weighted by Gasteiger charge is 2.05. The Labute approximate surface area is 126 Å². The van der Waals surface area contributed by atoms with Gasteiger partial charge in [-0.2, -0.15) is 0 Å². The number of halogens is 1. The Balaban J connectivity index is 1.87. The summed E-state index contributed by atoms with van der Waals surface area (Å²) in [6.45, 7) is 3.88. The molecule has 0 saturated carbocycles. The van der Waals surface area contributed by atoms with Crippen LogP contribution in [0.3, 0.4) is 0 Å². The first kappa shape index (κ1) is 14.6. The standard InChI is InChI=1S/C14H14ClN3OS/c1-9-10(2)20-14(17-9)18-13(19)16-8-7-11-3-5-12(15)6-4-11/h3-8H,1-2H3,(H2,16,17,18,19)/b8-7+. The van der Waals surface area contributed by atoms with Crippen molar-refractivity contribution in [3.8, 4) is 0 Å². The van der Waals surface area contributed by atoms with Crippen molar-refractivity contribution in [3.63, 3.8) is 0 Å². The molecule has 0 fully saturated rings. The van der Waals surface area contributed by atoms with Crippen molar-refractivity contribution in [1.82, 2.24) is 10.3 Å². The van der Waals surface area contributed by atoms with Crippen LogP contribution in [0.2, 0.25) is 5.02 Å². The molecule has 6 heteroatoms. The van der Waals surface area contributed by atoms with Crippen LogP contribution in [0.25, 0.3) is 6.08 Å². The number of nitrogens with zero attached hydrogens (tertiary/aromatic N) is 1. The number of urea groups is 1. The molecule has 0 bridgehead atoms. The molecule has 0 unspecified atom stereocenters. The fourth-order valence-electron chi connectivity index (χ4n) is 1.45. The van der Waals surface area contributed by atoms with Gasteiger partial charge in [0.05, 0.1) is 5.69 Å². The largest absolute Gasteiger partial charge is 0.325 e. The van der Waals surface area contributed by atoms with E-state index in [9.17, 15) is 4.79 Å². The van der Waals surface area contributed by atoms with Crippen molar-refractivity contribution < 1.29 is 4.79 Å². The number of aromatic nitrogens is 1. The first-order valence-electron chi connectivity index (χ1n) is 5.98. The third-order valence-electron chi connectivity index (χ3n) is 2.61. The fraction of sp³-hybridized carbons (Fsp3) is 0.143. The number of amides is 2. The van der Waals surface area contributed by atoms with Crippen LogP contribution in [0.1, 0.15) is 16.1 Å². The minimum Gasteiger partial charge on any atom is -0.314 e. The maximum absolute atomic E-state index is 11.6. The molecule has 0 radical (unpaired) electrons. The number of thiazole rings is 1. The van der Waals surface area contributed by atoms with Gasteiger partial charge in [-0.25, -0.2) is 9.78 Å². The molecule has 2 rings (SSSR count). The van der Waals surface area contributed by atoms with Crippen LogP contribution in [0.15, 0.2) is 30.5 Å². The Bertz CT molecular complexity index is 615. The molecule has 1 aromatic heterocycles. The quantitative estimate of drug-likeness (QED) is 0.892. The summed E-state index contributed by atoms with van der Waals surface area (Å²) in [6, 6.07) is 7.01. The molecule has 1 heterocycles. The van der Waals surface area contributed by atoms with Gasteiger partial charge in [-0.1, -0.05) is 23.7 Å². The van der Waals surface area contributed by atoms with Crippen LogP contribution in [0.4, 0.5) is 9.93 Å². The van der Waals surface area contributed by atoms with Gasteiger partial charge < -0.3 is 5.32 Å². The lowest BCUT2D eigenvalue weighted by Gasteiger charge is -2.00. The Morgan fingerprint density at radius 3 is 2.60 bits per heavy atom. The number of aryl methyl sites for hydroxylation is 2. The number of anilines is 1. The molecule has 4 nitrogen and oxygen atoms in total. The Hall–Kier alpha value is -1.85. The molecular weight excluding hydrogens is 294 g/mol. The number of nitrogens with one attached hydrogen (secondary N) is 2. The van der Waals surface area contributed by atoms with E-state index in [-0.39, 0.29) is 6.03 Å². The fourth-order valence-corrected chi connectivity index (χ4v) is 2.38. The van der Waals surface area contributed by atoms with Crippen LogP contribution in [0, 0.1) is 13.8 Å². The van der Waals surface area contributed by atoms with E-state index in [1.54, 1.807) is 24.4 Å². The zero-order chi connectivity index (χ0) is 14.5. The van der Waals surface area contributed by atoms with Gasteiger partial charge in [-0.05, 0) is 37.6 Å². The summed E-state index contributed by atoms with van der Waals surface area (Å²) in [6.07, 6.45) is 3.36. The lowest BCUT2D eigenvalue weighted by atomic mass is 10.2. The normalized spacial score (nSPS) is 10.8. The van der Waals surface area contributed by atoms with Gasteiger partial charge in [0.25, 0.3) is 0 Å². The van der Waals surface area contributed by atoms with E-state index in [1.165, 1.54) is 11.3 Å². The summed E-state index contributed by atoms with van der Waals surface area (Å²) in [5.41, 5.74) is 1.89. The van der Waals surface area contributed by atoms with E-state index < -0.39 is 0 Å². The van der Waals surface area contributed by atoms with Crippen LogP contribution in [-0.2, 0) is 0 Å². The maximum Gasteiger partial charge on any atom is 0.325 e. The monoisotopic (exact) mass is 307 g/mol. The molecule has 0 spiro atoms. The molecule has 0 aliphatic heterocycles. The molecule has 104 valence electrons. The minimum absolute atomic E-state index is 0.316. The van der Waals surface area contributed by atoms with Gasteiger partial charge in [-0.15, -0.1) is 11.3 Å². The van der Waals surface area contributed by atoms with Crippen molar-refractivity contribution in [2.45, 2.75) is 13.8 Å². The maximum atomic E-state index is 11.6. The number of benzene rings is 1. The van der Waals surface area contributed by atoms with Gasteiger partial charge in [0.15, 0.2) is 5.13 Å². The van der Waals surface area contributed by atoms with Crippen LogP contribution in [0.5, 0.6) is 0 Å². The zero-order valence-electron chi connectivity index (χ0n) is 11.1. The second-order valence-corrected chi connectivity index (χ2v) is 5.78. The number of carbonyl (C=O) groups is 1. The Morgan fingerprint density at radius 2 is 2.00 bits per heavy atom. The third-order valence-corrected chi connectivity index (χ3v) is 3.85. The van der Waals surface area contributed by atoms with Crippen molar-refractivity contribution in [2.75, 3.05) is 5.32 Å². The van der Waals surface area contributed by atoms with Crippen molar-refractivity contribution in [1.29, 1.82) is 0 Å². The highest BCUT2D eigenvalue weighted by molar-refractivity contribution is 7.15. The summed E-state index contributed by atoms with van der Waals surface area (Å²) in [7, 11) is 0. The lowest BCUT2D eigenvalue weighted by Crippen LogP contribution is -2.23. The molecule has 0 atom stereocenters. The van der Waals surface area contributed by atoms with Crippen LogP contribution in [-0.4, -0.2) is 11.0 Å².